The molecular formula is C18H23N7O. The van der Waals surface area contributed by atoms with Crippen LogP contribution >= 0.6 is 0 Å². The molecule has 26 heavy (non-hydrogen) atoms. The van der Waals surface area contributed by atoms with E-state index in [1.54, 1.807) is 0 Å². The summed E-state index contributed by atoms with van der Waals surface area (Å²) in [6.45, 7) is 1.98. The molecular weight excluding hydrogens is 330 g/mol. The molecule has 1 aromatic carbocycles. The first kappa shape index (κ1) is 16.6. The van der Waals surface area contributed by atoms with Gasteiger partial charge in [-0.15, -0.1) is 10.2 Å². The molecule has 0 unspecified atom stereocenters. The number of guanidine groups is 2. The molecule has 1 saturated carbocycles. The predicted octanol–water partition coefficient (Wildman–Crippen LogP) is 2.41. The Hall–Kier alpha value is -2.90. The van der Waals surface area contributed by atoms with E-state index in [4.69, 9.17) is 20.9 Å². The molecule has 1 spiro atoms. The fourth-order valence-corrected chi connectivity index (χ4v) is 3.79. The number of aryl methyl sites for hydroxylation is 1. The van der Waals surface area contributed by atoms with E-state index >= 15 is 0 Å². The third-order valence-corrected chi connectivity index (χ3v) is 4.97. The van der Waals surface area contributed by atoms with Gasteiger partial charge in [-0.3, -0.25) is 4.90 Å². The zero-order valence-electron chi connectivity index (χ0n) is 14.9. The first-order valence-electron chi connectivity index (χ1n) is 9.04. The molecule has 0 amide bonds. The van der Waals surface area contributed by atoms with Crippen LogP contribution in [0, 0.1) is 0 Å². The van der Waals surface area contributed by atoms with Gasteiger partial charge in [0, 0.05) is 17.7 Å². The fraction of sp³-hybridized carbons (Fsp3) is 0.444. The molecule has 1 fully saturated rings. The van der Waals surface area contributed by atoms with E-state index in [-0.39, 0.29) is 5.96 Å². The Balaban J connectivity index is 1.75. The van der Waals surface area contributed by atoms with Crippen LogP contribution in [-0.2, 0) is 6.42 Å². The largest absolute Gasteiger partial charge is 0.421 e. The number of hydrogen-bond acceptors (Lipinski definition) is 8. The standard InChI is InChI=1S/C18H23N7O/c1-2-14-23-24-15(26-14)12-7-6-8-13(11-12)25-17(20)21-16(19)22-18(25)9-4-3-5-10-18/h6-8,11H,2-5,9-10H2,1H3,(H4,19,20,21,22). The highest BCUT2D eigenvalue weighted by Crippen LogP contribution is 2.40. The van der Waals surface area contributed by atoms with Crippen LogP contribution in [0.3, 0.4) is 0 Å². The summed E-state index contributed by atoms with van der Waals surface area (Å²) in [7, 11) is 0. The maximum absolute atomic E-state index is 6.29. The maximum atomic E-state index is 6.29. The summed E-state index contributed by atoms with van der Waals surface area (Å²) in [5, 5.41) is 8.18. The number of rotatable bonds is 3. The highest BCUT2D eigenvalue weighted by atomic mass is 16.4. The van der Waals surface area contributed by atoms with E-state index in [2.05, 4.69) is 15.2 Å². The SMILES string of the molecule is CCc1nnc(-c2cccc(N3C(N)=NC(N)=NC34CCCCC4)c2)o1. The summed E-state index contributed by atoms with van der Waals surface area (Å²) in [5.41, 5.74) is 13.5. The van der Waals surface area contributed by atoms with Crippen molar-refractivity contribution in [1.82, 2.24) is 10.2 Å². The average Bonchev–Trinajstić information content (AvgIpc) is 3.11. The van der Waals surface area contributed by atoms with Crippen LogP contribution in [0.1, 0.15) is 44.9 Å². The van der Waals surface area contributed by atoms with Gasteiger partial charge in [0.1, 0.15) is 5.66 Å². The molecule has 2 aromatic rings. The molecule has 0 saturated heterocycles. The summed E-state index contributed by atoms with van der Waals surface area (Å²) < 4.78 is 5.69. The van der Waals surface area contributed by atoms with E-state index in [1.165, 1.54) is 6.42 Å². The molecule has 2 heterocycles. The predicted molar refractivity (Wildman–Crippen MR) is 101 cm³/mol. The second kappa shape index (κ2) is 6.44. The molecule has 1 aromatic heterocycles. The Morgan fingerprint density at radius 2 is 1.96 bits per heavy atom. The second-order valence-electron chi connectivity index (χ2n) is 6.72. The first-order valence-corrected chi connectivity index (χ1v) is 9.04. The van der Waals surface area contributed by atoms with Crippen molar-refractivity contribution in [3.8, 4) is 11.5 Å². The lowest BCUT2D eigenvalue weighted by Gasteiger charge is -2.45. The average molecular weight is 353 g/mol. The van der Waals surface area contributed by atoms with Gasteiger partial charge in [0.2, 0.25) is 23.7 Å². The van der Waals surface area contributed by atoms with Gasteiger partial charge >= 0.3 is 0 Å². The van der Waals surface area contributed by atoms with E-state index < -0.39 is 5.66 Å². The number of aromatic nitrogens is 2. The highest BCUT2D eigenvalue weighted by Gasteiger charge is 2.42. The van der Waals surface area contributed by atoms with Crippen LogP contribution in [0.2, 0.25) is 0 Å². The molecule has 1 aliphatic heterocycles. The molecule has 0 radical (unpaired) electrons. The van der Waals surface area contributed by atoms with Crippen LogP contribution in [0.15, 0.2) is 38.7 Å². The molecule has 136 valence electrons. The van der Waals surface area contributed by atoms with Gasteiger partial charge in [-0.1, -0.05) is 19.4 Å². The minimum absolute atomic E-state index is 0.251. The zero-order chi connectivity index (χ0) is 18.1. The number of aliphatic imine (C=N–C) groups is 2. The Kier molecular flexibility index (Phi) is 4.10. The van der Waals surface area contributed by atoms with Gasteiger partial charge in [0.05, 0.1) is 0 Å². The molecule has 0 atom stereocenters. The lowest BCUT2D eigenvalue weighted by molar-refractivity contribution is 0.305. The van der Waals surface area contributed by atoms with Gasteiger partial charge < -0.3 is 15.9 Å². The Morgan fingerprint density at radius 3 is 2.69 bits per heavy atom. The van der Waals surface area contributed by atoms with Crippen molar-refractivity contribution in [1.29, 1.82) is 0 Å². The van der Waals surface area contributed by atoms with Crippen LogP contribution in [-0.4, -0.2) is 27.8 Å². The third kappa shape index (κ3) is 2.81. The number of hydrogen-bond donors (Lipinski definition) is 2. The lowest BCUT2D eigenvalue weighted by atomic mass is 9.87. The Bertz CT molecular complexity index is 864. The summed E-state index contributed by atoms with van der Waals surface area (Å²) in [6, 6.07) is 7.88. The third-order valence-electron chi connectivity index (χ3n) is 4.97. The van der Waals surface area contributed by atoms with E-state index in [1.807, 2.05) is 36.1 Å². The molecule has 8 nitrogen and oxygen atoms in total. The van der Waals surface area contributed by atoms with Gasteiger partial charge in [-0.05, 0) is 43.9 Å². The summed E-state index contributed by atoms with van der Waals surface area (Å²) >= 11 is 0. The number of nitrogens with zero attached hydrogens (tertiary/aromatic N) is 5. The summed E-state index contributed by atoms with van der Waals surface area (Å²) in [6.07, 6.45) is 5.87. The van der Waals surface area contributed by atoms with Crippen LogP contribution in [0.5, 0.6) is 0 Å². The van der Waals surface area contributed by atoms with E-state index in [9.17, 15) is 0 Å². The van der Waals surface area contributed by atoms with Crippen LogP contribution in [0.25, 0.3) is 11.5 Å². The fourth-order valence-electron chi connectivity index (χ4n) is 3.79. The molecule has 1 aliphatic carbocycles. The molecule has 2 aliphatic rings. The summed E-state index contributed by atoms with van der Waals surface area (Å²) in [5.74, 6) is 1.74. The van der Waals surface area contributed by atoms with Crippen molar-refractivity contribution in [3.63, 3.8) is 0 Å². The van der Waals surface area contributed by atoms with Gasteiger partial charge in [-0.2, -0.15) is 4.99 Å². The van der Waals surface area contributed by atoms with Crippen molar-refractivity contribution in [2.24, 2.45) is 21.5 Å². The monoisotopic (exact) mass is 353 g/mol. The van der Waals surface area contributed by atoms with Gasteiger partial charge in [0.15, 0.2) is 0 Å². The van der Waals surface area contributed by atoms with Gasteiger partial charge in [0.25, 0.3) is 0 Å². The molecule has 4 N–H and O–H groups in total. The van der Waals surface area contributed by atoms with Crippen LogP contribution in [0.4, 0.5) is 5.69 Å². The van der Waals surface area contributed by atoms with Gasteiger partial charge in [-0.25, -0.2) is 4.99 Å². The highest BCUT2D eigenvalue weighted by molar-refractivity contribution is 6.05. The molecule has 0 bridgehead atoms. The van der Waals surface area contributed by atoms with Crippen molar-refractivity contribution < 1.29 is 4.42 Å². The quantitative estimate of drug-likeness (QED) is 0.874. The minimum Gasteiger partial charge on any atom is -0.421 e. The van der Waals surface area contributed by atoms with Crippen molar-refractivity contribution in [2.45, 2.75) is 51.1 Å². The van der Waals surface area contributed by atoms with Crippen molar-refractivity contribution in [3.05, 3.63) is 30.2 Å². The van der Waals surface area contributed by atoms with Crippen LogP contribution < -0.4 is 16.4 Å². The number of nitrogens with two attached hydrogens (primary N) is 2. The second-order valence-corrected chi connectivity index (χ2v) is 6.72. The maximum Gasteiger partial charge on any atom is 0.247 e. The smallest absolute Gasteiger partial charge is 0.247 e. The number of benzene rings is 1. The normalized spacial score (nSPS) is 19.3. The van der Waals surface area contributed by atoms with Crippen molar-refractivity contribution >= 4 is 17.6 Å². The lowest BCUT2D eigenvalue weighted by Crippen LogP contribution is -2.58. The minimum atomic E-state index is -0.462. The summed E-state index contributed by atoms with van der Waals surface area (Å²) in [4.78, 5) is 10.9. The van der Waals surface area contributed by atoms with Crippen molar-refractivity contribution in [2.75, 3.05) is 4.90 Å². The topological polar surface area (TPSA) is 119 Å². The molecule has 4 rings (SSSR count). The zero-order valence-corrected chi connectivity index (χ0v) is 14.9. The van der Waals surface area contributed by atoms with E-state index in [0.717, 1.165) is 36.9 Å². The van der Waals surface area contributed by atoms with E-state index in [0.29, 0.717) is 24.2 Å². The first-order chi connectivity index (χ1) is 12.6. The molecule has 8 heteroatoms. The number of anilines is 1. The Labute approximate surface area is 152 Å². The Morgan fingerprint density at radius 1 is 1.15 bits per heavy atom.